The summed E-state index contributed by atoms with van der Waals surface area (Å²) in [5.41, 5.74) is 3.43. The van der Waals surface area contributed by atoms with Crippen molar-refractivity contribution in [3.8, 4) is 5.75 Å². The largest absolute Gasteiger partial charge is 0.497 e. The van der Waals surface area contributed by atoms with E-state index in [2.05, 4.69) is 32.5 Å². The molecule has 1 N–H and O–H groups in total. The van der Waals surface area contributed by atoms with E-state index in [1.165, 1.54) is 5.56 Å². The van der Waals surface area contributed by atoms with Crippen molar-refractivity contribution in [1.29, 1.82) is 0 Å². The Labute approximate surface area is 125 Å². The van der Waals surface area contributed by atoms with Gasteiger partial charge in [-0.15, -0.1) is 11.3 Å². The normalized spacial score (nSPS) is 10.4. The van der Waals surface area contributed by atoms with E-state index in [9.17, 15) is 0 Å². The lowest BCUT2D eigenvalue weighted by molar-refractivity contribution is 0.415. The minimum Gasteiger partial charge on any atom is -0.497 e. The van der Waals surface area contributed by atoms with Crippen LogP contribution < -0.4 is 10.1 Å². The molecular formula is C15H14N2OS2. The van der Waals surface area contributed by atoms with Gasteiger partial charge in [-0.25, -0.2) is 4.98 Å². The SMILES string of the molecule is COc1ccc(Nc2nc(Cc3ccsc3)cs2)cc1. The molecule has 0 spiro atoms. The Kier molecular flexibility index (Phi) is 3.99. The van der Waals surface area contributed by atoms with Crippen molar-refractivity contribution in [1.82, 2.24) is 4.98 Å². The predicted molar refractivity (Wildman–Crippen MR) is 85.5 cm³/mol. The van der Waals surface area contributed by atoms with Gasteiger partial charge in [-0.1, -0.05) is 0 Å². The quantitative estimate of drug-likeness (QED) is 0.751. The average Bonchev–Trinajstić information content (AvgIpc) is 3.12. The third-order valence-electron chi connectivity index (χ3n) is 2.86. The zero-order chi connectivity index (χ0) is 13.8. The second-order valence-corrected chi connectivity index (χ2v) is 5.94. The summed E-state index contributed by atoms with van der Waals surface area (Å²) in [5, 5.41) is 10.6. The summed E-state index contributed by atoms with van der Waals surface area (Å²) in [6.45, 7) is 0. The summed E-state index contributed by atoms with van der Waals surface area (Å²) in [5.74, 6) is 0.854. The van der Waals surface area contributed by atoms with Crippen LogP contribution >= 0.6 is 22.7 Å². The van der Waals surface area contributed by atoms with Crippen molar-refractivity contribution in [3.05, 3.63) is 57.7 Å². The molecule has 0 aliphatic rings. The van der Waals surface area contributed by atoms with E-state index in [0.717, 1.165) is 28.7 Å². The Morgan fingerprint density at radius 2 is 2.00 bits per heavy atom. The number of methoxy groups -OCH3 is 1. The van der Waals surface area contributed by atoms with Crippen LogP contribution in [0.3, 0.4) is 0 Å². The number of aromatic nitrogens is 1. The molecule has 0 fully saturated rings. The molecule has 0 unspecified atom stereocenters. The van der Waals surface area contributed by atoms with Gasteiger partial charge in [0, 0.05) is 17.5 Å². The van der Waals surface area contributed by atoms with Crippen LogP contribution in [0.25, 0.3) is 0 Å². The molecule has 0 aliphatic heterocycles. The zero-order valence-electron chi connectivity index (χ0n) is 11.0. The number of benzene rings is 1. The Morgan fingerprint density at radius 1 is 1.15 bits per heavy atom. The molecule has 2 aromatic heterocycles. The van der Waals surface area contributed by atoms with E-state index in [0.29, 0.717) is 0 Å². The number of thiazole rings is 1. The maximum Gasteiger partial charge on any atom is 0.187 e. The van der Waals surface area contributed by atoms with Crippen molar-refractivity contribution in [2.45, 2.75) is 6.42 Å². The van der Waals surface area contributed by atoms with E-state index in [4.69, 9.17) is 4.74 Å². The molecule has 0 saturated heterocycles. The van der Waals surface area contributed by atoms with Crippen LogP contribution in [0.15, 0.2) is 46.5 Å². The van der Waals surface area contributed by atoms with Crippen LogP contribution in [0, 0.1) is 0 Å². The Hall–Kier alpha value is -1.85. The molecule has 1 aromatic carbocycles. The third kappa shape index (κ3) is 3.18. The molecule has 0 bridgehead atoms. The first-order valence-corrected chi connectivity index (χ1v) is 8.02. The van der Waals surface area contributed by atoms with Gasteiger partial charge in [-0.3, -0.25) is 0 Å². The van der Waals surface area contributed by atoms with Crippen molar-refractivity contribution in [2.24, 2.45) is 0 Å². The lowest BCUT2D eigenvalue weighted by atomic mass is 10.2. The molecule has 3 rings (SSSR count). The summed E-state index contributed by atoms with van der Waals surface area (Å²) in [6.07, 6.45) is 0.893. The van der Waals surface area contributed by atoms with Crippen LogP contribution in [0.2, 0.25) is 0 Å². The number of nitrogens with zero attached hydrogens (tertiary/aromatic N) is 1. The van der Waals surface area contributed by atoms with Gasteiger partial charge >= 0.3 is 0 Å². The number of hydrogen-bond acceptors (Lipinski definition) is 5. The molecule has 0 atom stereocenters. The monoisotopic (exact) mass is 302 g/mol. The second kappa shape index (κ2) is 6.07. The van der Waals surface area contributed by atoms with Crippen LogP contribution in [0.5, 0.6) is 5.75 Å². The third-order valence-corrected chi connectivity index (χ3v) is 4.40. The summed E-state index contributed by atoms with van der Waals surface area (Å²) >= 11 is 3.35. The fourth-order valence-corrected chi connectivity index (χ4v) is 3.24. The summed E-state index contributed by atoms with van der Waals surface area (Å²) in [4.78, 5) is 4.60. The minimum absolute atomic E-state index is 0.854. The zero-order valence-corrected chi connectivity index (χ0v) is 12.6. The first kappa shape index (κ1) is 13.1. The van der Waals surface area contributed by atoms with Crippen molar-refractivity contribution < 1.29 is 4.74 Å². The number of rotatable bonds is 5. The Bertz CT molecular complexity index is 660. The van der Waals surface area contributed by atoms with Crippen LogP contribution in [0.1, 0.15) is 11.3 Å². The van der Waals surface area contributed by atoms with Gasteiger partial charge < -0.3 is 10.1 Å². The van der Waals surface area contributed by atoms with Gasteiger partial charge in [0.1, 0.15) is 5.75 Å². The molecule has 0 aliphatic carbocycles. The predicted octanol–water partition coefficient (Wildman–Crippen LogP) is 4.55. The standard InChI is InChI=1S/C15H14N2OS2/c1-18-14-4-2-12(3-5-14)16-15-17-13(10-20-15)8-11-6-7-19-9-11/h2-7,9-10H,8H2,1H3,(H,16,17). The molecule has 0 saturated carbocycles. The molecule has 20 heavy (non-hydrogen) atoms. The highest BCUT2D eigenvalue weighted by Crippen LogP contribution is 2.24. The molecule has 3 nitrogen and oxygen atoms in total. The lowest BCUT2D eigenvalue weighted by Crippen LogP contribution is -1.91. The number of thiophene rings is 1. The molecule has 0 amide bonds. The molecule has 5 heteroatoms. The van der Waals surface area contributed by atoms with Crippen LogP contribution in [0.4, 0.5) is 10.8 Å². The number of hydrogen-bond donors (Lipinski definition) is 1. The van der Waals surface area contributed by atoms with E-state index >= 15 is 0 Å². The van der Waals surface area contributed by atoms with Gasteiger partial charge in [-0.05, 0) is 46.7 Å². The Balaban J connectivity index is 1.67. The van der Waals surface area contributed by atoms with Gasteiger partial charge in [-0.2, -0.15) is 11.3 Å². The van der Waals surface area contributed by atoms with Gasteiger partial charge in [0.15, 0.2) is 5.13 Å². The lowest BCUT2D eigenvalue weighted by Gasteiger charge is -2.03. The average molecular weight is 302 g/mol. The van der Waals surface area contributed by atoms with Crippen molar-refractivity contribution in [2.75, 3.05) is 12.4 Å². The summed E-state index contributed by atoms with van der Waals surface area (Å²) in [6, 6.07) is 9.97. The first-order valence-electron chi connectivity index (χ1n) is 6.20. The maximum absolute atomic E-state index is 5.14. The van der Waals surface area contributed by atoms with Crippen molar-refractivity contribution >= 4 is 33.5 Å². The van der Waals surface area contributed by atoms with E-state index in [1.807, 2.05) is 24.3 Å². The molecule has 2 heterocycles. The van der Waals surface area contributed by atoms with E-state index < -0.39 is 0 Å². The van der Waals surface area contributed by atoms with Gasteiger partial charge in [0.2, 0.25) is 0 Å². The van der Waals surface area contributed by atoms with E-state index in [1.54, 1.807) is 29.8 Å². The smallest absolute Gasteiger partial charge is 0.187 e. The van der Waals surface area contributed by atoms with Gasteiger partial charge in [0.25, 0.3) is 0 Å². The topological polar surface area (TPSA) is 34.1 Å². The second-order valence-electron chi connectivity index (χ2n) is 4.31. The highest BCUT2D eigenvalue weighted by Gasteiger charge is 2.04. The minimum atomic E-state index is 0.854. The number of anilines is 2. The number of nitrogens with one attached hydrogen (secondary N) is 1. The van der Waals surface area contributed by atoms with Gasteiger partial charge in [0.05, 0.1) is 12.8 Å². The Morgan fingerprint density at radius 3 is 2.70 bits per heavy atom. The van der Waals surface area contributed by atoms with Crippen molar-refractivity contribution in [3.63, 3.8) is 0 Å². The van der Waals surface area contributed by atoms with E-state index in [-0.39, 0.29) is 0 Å². The fraction of sp³-hybridized carbons (Fsp3) is 0.133. The van der Waals surface area contributed by atoms with Crippen LogP contribution in [-0.4, -0.2) is 12.1 Å². The van der Waals surface area contributed by atoms with Crippen LogP contribution in [-0.2, 0) is 6.42 Å². The number of ether oxygens (including phenoxy) is 1. The first-order chi connectivity index (χ1) is 9.83. The molecule has 3 aromatic rings. The molecular weight excluding hydrogens is 288 g/mol. The highest BCUT2D eigenvalue weighted by atomic mass is 32.1. The molecule has 0 radical (unpaired) electrons. The fourth-order valence-electron chi connectivity index (χ4n) is 1.85. The molecule has 102 valence electrons. The summed E-state index contributed by atoms with van der Waals surface area (Å²) in [7, 11) is 1.67. The summed E-state index contributed by atoms with van der Waals surface area (Å²) < 4.78 is 5.14. The maximum atomic E-state index is 5.14. The highest BCUT2D eigenvalue weighted by molar-refractivity contribution is 7.13.